The number of rotatable bonds is 2. The van der Waals surface area contributed by atoms with Crippen LogP contribution in [0.2, 0.25) is 0 Å². The molecule has 2 aromatic carbocycles. The maximum atomic E-state index is 5.63. The molecule has 0 aliphatic rings. The SMILES string of the molecule is Bc1cc(OC)c2c(c1)nc(C)c1nnc(-c3ccccc3C)n12. The number of fused-ring (bicyclic) bond motifs is 3. The average molecular weight is 316 g/mol. The lowest BCUT2D eigenvalue weighted by atomic mass is 9.95. The first kappa shape index (κ1) is 14.7. The van der Waals surface area contributed by atoms with Crippen LogP contribution in [0.15, 0.2) is 36.4 Å². The Kier molecular flexibility index (Phi) is 3.27. The van der Waals surface area contributed by atoms with Gasteiger partial charge in [-0.1, -0.05) is 29.7 Å². The molecule has 0 amide bonds. The van der Waals surface area contributed by atoms with Gasteiger partial charge in [0, 0.05) is 5.56 Å². The highest BCUT2D eigenvalue weighted by Gasteiger charge is 2.18. The van der Waals surface area contributed by atoms with Gasteiger partial charge in [-0.25, -0.2) is 4.98 Å². The molecule has 0 aliphatic carbocycles. The Hall–Kier alpha value is -2.89. The fourth-order valence-corrected chi connectivity index (χ4v) is 3.15. The molecule has 24 heavy (non-hydrogen) atoms. The summed E-state index contributed by atoms with van der Waals surface area (Å²) in [4.78, 5) is 4.70. The summed E-state index contributed by atoms with van der Waals surface area (Å²) in [6.07, 6.45) is 0. The van der Waals surface area contributed by atoms with Gasteiger partial charge in [0.2, 0.25) is 0 Å². The van der Waals surface area contributed by atoms with Crippen molar-refractivity contribution in [2.45, 2.75) is 13.8 Å². The van der Waals surface area contributed by atoms with Crippen molar-refractivity contribution in [3.05, 3.63) is 47.7 Å². The minimum Gasteiger partial charge on any atom is -0.494 e. The molecule has 2 aromatic heterocycles. The quantitative estimate of drug-likeness (QED) is 0.530. The van der Waals surface area contributed by atoms with Crippen LogP contribution >= 0.6 is 0 Å². The Morgan fingerprint density at radius 2 is 1.88 bits per heavy atom. The monoisotopic (exact) mass is 316 g/mol. The summed E-state index contributed by atoms with van der Waals surface area (Å²) in [5, 5.41) is 8.83. The summed E-state index contributed by atoms with van der Waals surface area (Å²) in [7, 11) is 3.72. The summed E-state index contributed by atoms with van der Waals surface area (Å²) >= 11 is 0. The van der Waals surface area contributed by atoms with Crippen LogP contribution in [0.4, 0.5) is 0 Å². The van der Waals surface area contributed by atoms with Gasteiger partial charge in [0.25, 0.3) is 0 Å². The Morgan fingerprint density at radius 3 is 2.62 bits per heavy atom. The molecule has 0 saturated carbocycles. The second-order valence-electron chi connectivity index (χ2n) is 6.03. The lowest BCUT2D eigenvalue weighted by molar-refractivity contribution is 0.419. The van der Waals surface area contributed by atoms with Crippen molar-refractivity contribution in [3.63, 3.8) is 0 Å². The van der Waals surface area contributed by atoms with E-state index in [-0.39, 0.29) is 0 Å². The molecule has 4 aromatic rings. The first-order valence-electron chi connectivity index (χ1n) is 7.86. The van der Waals surface area contributed by atoms with Gasteiger partial charge in [-0.15, -0.1) is 10.2 Å². The molecule has 0 atom stereocenters. The molecule has 0 spiro atoms. The molecule has 0 saturated heterocycles. The molecule has 2 heterocycles. The maximum Gasteiger partial charge on any atom is 0.183 e. The molecule has 0 aliphatic heterocycles. The third-order valence-electron chi connectivity index (χ3n) is 4.30. The zero-order valence-electron chi connectivity index (χ0n) is 14.2. The van der Waals surface area contributed by atoms with Crippen molar-refractivity contribution >= 4 is 30.0 Å². The summed E-state index contributed by atoms with van der Waals surface area (Å²) < 4.78 is 7.68. The summed E-state index contributed by atoms with van der Waals surface area (Å²) in [5.41, 5.74) is 6.69. The van der Waals surface area contributed by atoms with Crippen molar-refractivity contribution in [1.29, 1.82) is 0 Å². The Balaban J connectivity index is 2.22. The maximum absolute atomic E-state index is 5.63. The smallest absolute Gasteiger partial charge is 0.183 e. The van der Waals surface area contributed by atoms with E-state index in [0.29, 0.717) is 0 Å². The fraction of sp³-hybridized carbons (Fsp3) is 0.167. The van der Waals surface area contributed by atoms with Gasteiger partial charge in [0.15, 0.2) is 11.5 Å². The van der Waals surface area contributed by atoms with Crippen LogP contribution in [0.1, 0.15) is 11.3 Å². The van der Waals surface area contributed by atoms with E-state index >= 15 is 0 Å². The van der Waals surface area contributed by atoms with Crippen LogP contribution in [0.25, 0.3) is 28.1 Å². The van der Waals surface area contributed by atoms with Gasteiger partial charge in [-0.3, -0.25) is 4.40 Å². The van der Waals surface area contributed by atoms with Crippen molar-refractivity contribution in [2.24, 2.45) is 0 Å². The number of benzene rings is 2. The van der Waals surface area contributed by atoms with Crippen molar-refractivity contribution in [3.8, 4) is 17.1 Å². The molecular formula is C18H17BN4O. The molecule has 0 unspecified atom stereocenters. The number of ether oxygens (including phenoxy) is 1. The number of aryl methyl sites for hydroxylation is 2. The topological polar surface area (TPSA) is 52.3 Å². The van der Waals surface area contributed by atoms with Crippen LogP contribution in [-0.4, -0.2) is 34.5 Å². The molecule has 118 valence electrons. The number of hydrogen-bond donors (Lipinski definition) is 0. The third-order valence-corrected chi connectivity index (χ3v) is 4.30. The zero-order chi connectivity index (χ0) is 16.8. The number of aromatic nitrogens is 4. The average Bonchev–Trinajstić information content (AvgIpc) is 2.99. The highest BCUT2D eigenvalue weighted by atomic mass is 16.5. The molecule has 0 fully saturated rings. The number of methoxy groups -OCH3 is 1. The highest BCUT2D eigenvalue weighted by Crippen LogP contribution is 2.30. The van der Waals surface area contributed by atoms with Gasteiger partial charge in [-0.2, -0.15) is 0 Å². The van der Waals surface area contributed by atoms with E-state index in [4.69, 9.17) is 9.72 Å². The van der Waals surface area contributed by atoms with Gasteiger partial charge >= 0.3 is 0 Å². The third kappa shape index (κ3) is 2.06. The number of hydrogen-bond acceptors (Lipinski definition) is 4. The predicted octanol–water partition coefficient (Wildman–Crippen LogP) is 1.83. The zero-order valence-corrected chi connectivity index (χ0v) is 14.2. The van der Waals surface area contributed by atoms with Gasteiger partial charge in [-0.05, 0) is 31.5 Å². The normalized spacial score (nSPS) is 11.3. The molecule has 0 radical (unpaired) electrons. The van der Waals surface area contributed by atoms with Crippen molar-refractivity contribution < 1.29 is 4.74 Å². The van der Waals surface area contributed by atoms with E-state index in [2.05, 4.69) is 39.7 Å². The van der Waals surface area contributed by atoms with E-state index in [1.165, 1.54) is 0 Å². The number of nitrogens with zero attached hydrogens (tertiary/aromatic N) is 4. The minimum atomic E-state index is 0.753. The molecule has 4 rings (SSSR count). The largest absolute Gasteiger partial charge is 0.494 e. The van der Waals surface area contributed by atoms with Crippen molar-refractivity contribution in [1.82, 2.24) is 19.6 Å². The Labute approximate surface area is 140 Å². The second-order valence-corrected chi connectivity index (χ2v) is 6.03. The van der Waals surface area contributed by atoms with E-state index in [1.807, 2.05) is 33.0 Å². The van der Waals surface area contributed by atoms with Crippen LogP contribution < -0.4 is 10.2 Å². The Morgan fingerprint density at radius 1 is 1.08 bits per heavy atom. The minimum absolute atomic E-state index is 0.753. The standard InChI is InChI=1S/C18H17BN4O/c1-10-6-4-5-7-13(10)18-22-21-17-11(2)20-14-8-12(19)9-15(24-3)16(14)23(17)18/h4-9H,19H2,1-3H3. The van der Waals surface area contributed by atoms with Gasteiger partial charge in [0.05, 0.1) is 18.3 Å². The van der Waals surface area contributed by atoms with E-state index in [9.17, 15) is 0 Å². The van der Waals surface area contributed by atoms with E-state index in [0.717, 1.165) is 50.5 Å². The molecule has 5 nitrogen and oxygen atoms in total. The molecular weight excluding hydrogens is 299 g/mol. The first-order chi connectivity index (χ1) is 11.6. The van der Waals surface area contributed by atoms with Crippen LogP contribution in [0.5, 0.6) is 5.75 Å². The van der Waals surface area contributed by atoms with E-state index < -0.39 is 0 Å². The van der Waals surface area contributed by atoms with Crippen LogP contribution in [0, 0.1) is 13.8 Å². The lowest BCUT2D eigenvalue weighted by Gasteiger charge is -2.12. The fourth-order valence-electron chi connectivity index (χ4n) is 3.15. The van der Waals surface area contributed by atoms with Gasteiger partial charge in [0.1, 0.15) is 19.1 Å². The molecule has 6 heteroatoms. The molecule has 0 bridgehead atoms. The summed E-state index contributed by atoms with van der Waals surface area (Å²) in [5.74, 6) is 1.58. The lowest BCUT2D eigenvalue weighted by Crippen LogP contribution is -2.07. The van der Waals surface area contributed by atoms with Crippen molar-refractivity contribution in [2.75, 3.05) is 7.11 Å². The highest BCUT2D eigenvalue weighted by molar-refractivity contribution is 6.33. The predicted molar refractivity (Wildman–Crippen MR) is 97.9 cm³/mol. The van der Waals surface area contributed by atoms with Crippen LogP contribution in [-0.2, 0) is 0 Å². The first-order valence-corrected chi connectivity index (χ1v) is 7.86. The van der Waals surface area contributed by atoms with E-state index in [1.54, 1.807) is 7.11 Å². The molecule has 0 N–H and O–H groups in total. The summed E-state index contributed by atoms with van der Waals surface area (Å²) in [6.45, 7) is 4.04. The second kappa shape index (κ2) is 5.34. The van der Waals surface area contributed by atoms with Crippen LogP contribution in [0.3, 0.4) is 0 Å². The van der Waals surface area contributed by atoms with Gasteiger partial charge < -0.3 is 4.74 Å². The Bertz CT molecular complexity index is 1090. The summed E-state index contributed by atoms with van der Waals surface area (Å²) in [6, 6.07) is 12.3.